The van der Waals surface area contributed by atoms with Crippen molar-refractivity contribution >= 4 is 17.8 Å². The molecule has 2 rings (SSSR count). The van der Waals surface area contributed by atoms with Crippen molar-refractivity contribution in [3.05, 3.63) is 35.9 Å². The van der Waals surface area contributed by atoms with Gasteiger partial charge in [-0.2, -0.15) is 15.0 Å². The van der Waals surface area contributed by atoms with E-state index in [0.717, 1.165) is 31.5 Å². The minimum Gasteiger partial charge on any atom is -0.354 e. The highest BCUT2D eigenvalue weighted by atomic mass is 16.6. The van der Waals surface area contributed by atoms with Crippen LogP contribution in [0, 0.1) is 0 Å². The summed E-state index contributed by atoms with van der Waals surface area (Å²) < 4.78 is 0. The summed E-state index contributed by atoms with van der Waals surface area (Å²) in [5.41, 5.74) is 3.86. The molecule has 124 valence electrons. The lowest BCUT2D eigenvalue weighted by Gasteiger charge is -2.10. The topological polar surface area (TPSA) is 84.0 Å². The molecular formula is C16H24N6O. The molecule has 1 aromatic heterocycles. The summed E-state index contributed by atoms with van der Waals surface area (Å²) in [5, 5.41) is 6.32. The molecule has 23 heavy (non-hydrogen) atoms. The molecule has 0 amide bonds. The third kappa shape index (κ3) is 6.07. The van der Waals surface area contributed by atoms with Gasteiger partial charge in [0, 0.05) is 13.1 Å². The number of hydrogen-bond acceptors (Lipinski definition) is 7. The Morgan fingerprint density at radius 3 is 1.96 bits per heavy atom. The molecule has 7 heteroatoms. The van der Waals surface area contributed by atoms with Crippen molar-refractivity contribution in [2.24, 2.45) is 0 Å². The lowest BCUT2D eigenvalue weighted by Crippen LogP contribution is -2.13. The van der Waals surface area contributed by atoms with Crippen LogP contribution in [0.2, 0.25) is 0 Å². The Kier molecular flexibility index (Phi) is 7.06. The van der Waals surface area contributed by atoms with Crippen molar-refractivity contribution in [2.45, 2.75) is 33.3 Å². The SMILES string of the molecule is CCCNc1nc(NCCC)nc(NOCc2ccccc2)n1. The number of nitrogens with one attached hydrogen (secondary N) is 3. The van der Waals surface area contributed by atoms with Crippen LogP contribution in [0.15, 0.2) is 30.3 Å². The molecule has 3 N–H and O–H groups in total. The number of rotatable bonds is 10. The molecule has 0 aliphatic rings. The summed E-state index contributed by atoms with van der Waals surface area (Å²) >= 11 is 0. The van der Waals surface area contributed by atoms with Crippen LogP contribution in [0.25, 0.3) is 0 Å². The molecule has 0 saturated carbocycles. The van der Waals surface area contributed by atoms with Gasteiger partial charge in [-0.1, -0.05) is 44.2 Å². The molecule has 2 aromatic rings. The fourth-order valence-electron chi connectivity index (χ4n) is 1.81. The van der Waals surface area contributed by atoms with Crippen molar-refractivity contribution < 1.29 is 4.84 Å². The van der Waals surface area contributed by atoms with Crippen molar-refractivity contribution in [3.63, 3.8) is 0 Å². The third-order valence-corrected chi connectivity index (χ3v) is 2.95. The monoisotopic (exact) mass is 316 g/mol. The molecule has 0 aliphatic carbocycles. The van der Waals surface area contributed by atoms with Crippen molar-refractivity contribution in [1.82, 2.24) is 15.0 Å². The molecule has 0 saturated heterocycles. The van der Waals surface area contributed by atoms with Gasteiger partial charge in [0.25, 0.3) is 5.95 Å². The van der Waals surface area contributed by atoms with Gasteiger partial charge in [-0.25, -0.2) is 5.48 Å². The quantitative estimate of drug-likeness (QED) is 0.581. The molecule has 7 nitrogen and oxygen atoms in total. The lowest BCUT2D eigenvalue weighted by atomic mass is 10.2. The fraction of sp³-hybridized carbons (Fsp3) is 0.438. The van der Waals surface area contributed by atoms with Crippen LogP contribution >= 0.6 is 0 Å². The van der Waals surface area contributed by atoms with Gasteiger partial charge in [0.15, 0.2) is 0 Å². The minimum absolute atomic E-state index is 0.383. The number of anilines is 3. The van der Waals surface area contributed by atoms with E-state index in [4.69, 9.17) is 4.84 Å². The summed E-state index contributed by atoms with van der Waals surface area (Å²) in [4.78, 5) is 18.4. The van der Waals surface area contributed by atoms with E-state index in [0.29, 0.717) is 24.5 Å². The summed E-state index contributed by atoms with van der Waals surface area (Å²) in [5.74, 6) is 1.45. The predicted molar refractivity (Wildman–Crippen MR) is 92.2 cm³/mol. The van der Waals surface area contributed by atoms with Crippen molar-refractivity contribution in [1.29, 1.82) is 0 Å². The van der Waals surface area contributed by atoms with Crippen LogP contribution in [0.4, 0.5) is 17.8 Å². The van der Waals surface area contributed by atoms with Gasteiger partial charge in [-0.15, -0.1) is 0 Å². The van der Waals surface area contributed by atoms with E-state index in [9.17, 15) is 0 Å². The summed E-state index contributed by atoms with van der Waals surface area (Å²) in [6.45, 7) is 6.23. The van der Waals surface area contributed by atoms with E-state index >= 15 is 0 Å². The fourth-order valence-corrected chi connectivity index (χ4v) is 1.81. The maximum atomic E-state index is 5.47. The Bertz CT molecular complexity index is 552. The van der Waals surface area contributed by atoms with Crippen LogP contribution in [0.5, 0.6) is 0 Å². The van der Waals surface area contributed by atoms with Crippen LogP contribution in [-0.2, 0) is 11.4 Å². The Morgan fingerprint density at radius 2 is 1.39 bits per heavy atom. The molecular weight excluding hydrogens is 292 g/mol. The molecule has 0 bridgehead atoms. The standard InChI is InChI=1S/C16H24N6O/c1-3-10-17-14-19-15(18-11-4-2)21-16(20-14)22-23-12-13-8-6-5-7-9-13/h5-9H,3-4,10-12H2,1-2H3,(H3,17,18,19,20,21,22). The Labute approximate surface area is 136 Å². The second kappa shape index (κ2) is 9.58. The van der Waals surface area contributed by atoms with Crippen molar-refractivity contribution in [3.8, 4) is 0 Å². The highest BCUT2D eigenvalue weighted by Crippen LogP contribution is 2.10. The maximum absolute atomic E-state index is 5.47. The first-order valence-electron chi connectivity index (χ1n) is 7.97. The Morgan fingerprint density at radius 1 is 0.826 bits per heavy atom. The zero-order valence-corrected chi connectivity index (χ0v) is 13.7. The highest BCUT2D eigenvalue weighted by molar-refractivity contribution is 5.41. The van der Waals surface area contributed by atoms with Gasteiger partial charge >= 0.3 is 0 Å². The van der Waals surface area contributed by atoms with Crippen LogP contribution in [-0.4, -0.2) is 28.0 Å². The average molecular weight is 316 g/mol. The molecule has 1 heterocycles. The molecule has 1 aromatic carbocycles. The highest BCUT2D eigenvalue weighted by Gasteiger charge is 2.06. The molecule has 0 aliphatic heterocycles. The minimum atomic E-state index is 0.383. The van der Waals surface area contributed by atoms with Gasteiger partial charge < -0.3 is 10.6 Å². The van der Waals surface area contributed by atoms with Crippen LogP contribution < -0.4 is 16.1 Å². The normalized spacial score (nSPS) is 10.3. The summed E-state index contributed by atoms with van der Waals surface area (Å²) in [7, 11) is 0. The Hall–Kier alpha value is -2.41. The smallest absolute Gasteiger partial charge is 0.253 e. The number of benzene rings is 1. The van der Waals surface area contributed by atoms with E-state index in [1.165, 1.54) is 0 Å². The second-order valence-corrected chi connectivity index (χ2v) is 5.04. The van der Waals surface area contributed by atoms with Crippen molar-refractivity contribution in [2.75, 3.05) is 29.2 Å². The largest absolute Gasteiger partial charge is 0.354 e. The molecule has 0 spiro atoms. The number of nitrogens with zero attached hydrogens (tertiary/aromatic N) is 3. The van der Waals surface area contributed by atoms with Gasteiger partial charge in [-0.3, -0.25) is 4.84 Å². The van der Waals surface area contributed by atoms with Crippen LogP contribution in [0.3, 0.4) is 0 Å². The summed E-state index contributed by atoms with van der Waals surface area (Å²) in [6, 6.07) is 9.91. The van der Waals surface area contributed by atoms with Crippen LogP contribution in [0.1, 0.15) is 32.3 Å². The summed E-state index contributed by atoms with van der Waals surface area (Å²) in [6.07, 6.45) is 1.99. The zero-order chi connectivity index (χ0) is 16.3. The van der Waals surface area contributed by atoms with E-state index in [-0.39, 0.29) is 0 Å². The predicted octanol–water partition coefficient (Wildman–Crippen LogP) is 3.06. The van der Waals surface area contributed by atoms with Gasteiger partial charge in [0.2, 0.25) is 11.9 Å². The van der Waals surface area contributed by atoms with Gasteiger partial charge in [0.1, 0.15) is 0 Å². The van der Waals surface area contributed by atoms with E-state index < -0.39 is 0 Å². The third-order valence-electron chi connectivity index (χ3n) is 2.95. The van der Waals surface area contributed by atoms with E-state index in [2.05, 4.69) is 44.9 Å². The van der Waals surface area contributed by atoms with E-state index in [1.807, 2.05) is 30.3 Å². The Balaban J connectivity index is 1.97. The van der Waals surface area contributed by atoms with Gasteiger partial charge in [-0.05, 0) is 18.4 Å². The first-order chi connectivity index (χ1) is 11.3. The lowest BCUT2D eigenvalue weighted by molar-refractivity contribution is 0.177. The number of hydrogen-bond donors (Lipinski definition) is 3. The maximum Gasteiger partial charge on any atom is 0.253 e. The molecule has 0 unspecified atom stereocenters. The van der Waals surface area contributed by atoms with Gasteiger partial charge in [0.05, 0.1) is 6.61 Å². The zero-order valence-electron chi connectivity index (χ0n) is 13.7. The van der Waals surface area contributed by atoms with E-state index in [1.54, 1.807) is 0 Å². The molecule has 0 radical (unpaired) electrons. The first kappa shape index (κ1) is 17.0. The molecule has 0 fully saturated rings. The average Bonchev–Trinajstić information content (AvgIpc) is 2.59. The molecule has 0 atom stereocenters. The second-order valence-electron chi connectivity index (χ2n) is 5.04. The first-order valence-corrected chi connectivity index (χ1v) is 7.97. The number of aromatic nitrogens is 3.